The molecule has 152 valence electrons. The van der Waals surface area contributed by atoms with Crippen LogP contribution in [0.4, 0.5) is 5.69 Å². The van der Waals surface area contributed by atoms with Gasteiger partial charge in [-0.1, -0.05) is 54.2 Å². The fourth-order valence-corrected chi connectivity index (χ4v) is 4.11. The van der Waals surface area contributed by atoms with Gasteiger partial charge in [0, 0.05) is 12.2 Å². The quantitative estimate of drug-likeness (QED) is 0.409. The number of carbonyl (C=O) groups is 1. The van der Waals surface area contributed by atoms with E-state index in [0.29, 0.717) is 5.75 Å². The molecule has 3 aromatic carbocycles. The van der Waals surface area contributed by atoms with Crippen LogP contribution in [0.5, 0.6) is 5.75 Å². The molecule has 4 aromatic rings. The lowest BCUT2D eigenvalue weighted by atomic mass is 10.1. The zero-order chi connectivity index (χ0) is 20.8. The second-order valence-corrected chi connectivity index (χ2v) is 7.78. The molecule has 0 saturated carbocycles. The summed E-state index contributed by atoms with van der Waals surface area (Å²) < 4.78 is 7.35. The maximum atomic E-state index is 12.4. The van der Waals surface area contributed by atoms with E-state index in [2.05, 4.69) is 40.2 Å². The third-order valence-electron chi connectivity index (χ3n) is 4.79. The van der Waals surface area contributed by atoms with Crippen molar-refractivity contribution >= 4 is 34.4 Å². The second kappa shape index (κ2) is 9.50. The van der Waals surface area contributed by atoms with Crippen molar-refractivity contribution < 1.29 is 9.53 Å². The molecule has 0 aliphatic heterocycles. The number of anilines is 1. The minimum Gasteiger partial charge on any atom is -0.497 e. The summed E-state index contributed by atoms with van der Waals surface area (Å²) in [5.74, 6) is 0.988. The minimum atomic E-state index is -0.0631. The molecule has 1 N–H and O–H groups in total. The molecule has 0 bridgehead atoms. The highest BCUT2D eigenvalue weighted by molar-refractivity contribution is 7.99. The number of aromatic nitrogens is 2. The lowest BCUT2D eigenvalue weighted by molar-refractivity contribution is -0.113. The Kier molecular flexibility index (Phi) is 6.35. The summed E-state index contributed by atoms with van der Waals surface area (Å²) in [6.45, 7) is 0.812. The molecule has 4 rings (SSSR count). The Labute approximate surface area is 180 Å². The number of carbonyl (C=O) groups excluding carboxylic acids is 1. The van der Waals surface area contributed by atoms with Crippen LogP contribution in [-0.2, 0) is 17.8 Å². The van der Waals surface area contributed by atoms with Gasteiger partial charge >= 0.3 is 0 Å². The van der Waals surface area contributed by atoms with E-state index in [9.17, 15) is 4.79 Å². The van der Waals surface area contributed by atoms with Crippen LogP contribution in [0.15, 0.2) is 84.0 Å². The molecule has 0 radical (unpaired) electrons. The smallest absolute Gasteiger partial charge is 0.234 e. The normalized spacial score (nSPS) is 10.8. The summed E-state index contributed by atoms with van der Waals surface area (Å²) >= 11 is 1.46. The number of benzene rings is 3. The Morgan fingerprint density at radius 2 is 1.73 bits per heavy atom. The van der Waals surface area contributed by atoms with Crippen LogP contribution >= 0.6 is 11.8 Å². The van der Waals surface area contributed by atoms with E-state index in [0.717, 1.165) is 40.6 Å². The number of thioether (sulfide) groups is 1. The first-order chi connectivity index (χ1) is 14.7. The number of para-hydroxylation sites is 2. The largest absolute Gasteiger partial charge is 0.497 e. The number of fused-ring (bicyclic) bond motifs is 1. The van der Waals surface area contributed by atoms with E-state index in [1.807, 2.05) is 48.5 Å². The Morgan fingerprint density at radius 3 is 2.50 bits per heavy atom. The van der Waals surface area contributed by atoms with Crippen LogP contribution in [0, 0.1) is 0 Å². The van der Waals surface area contributed by atoms with Gasteiger partial charge < -0.3 is 14.6 Å². The molecule has 0 fully saturated rings. The first kappa shape index (κ1) is 20.0. The highest BCUT2D eigenvalue weighted by Gasteiger charge is 2.13. The zero-order valence-electron chi connectivity index (χ0n) is 16.7. The van der Waals surface area contributed by atoms with Gasteiger partial charge in [0.05, 0.1) is 23.9 Å². The van der Waals surface area contributed by atoms with Gasteiger partial charge in [0.25, 0.3) is 0 Å². The molecule has 0 spiro atoms. The van der Waals surface area contributed by atoms with Crippen LogP contribution in [-0.4, -0.2) is 28.3 Å². The number of ether oxygens (including phenoxy) is 1. The predicted octanol–water partition coefficient (Wildman–Crippen LogP) is 5.02. The third-order valence-corrected chi connectivity index (χ3v) is 5.77. The maximum Gasteiger partial charge on any atom is 0.234 e. The summed E-state index contributed by atoms with van der Waals surface area (Å²) in [4.78, 5) is 17.2. The molecule has 5 nitrogen and oxygen atoms in total. The fraction of sp³-hybridized carbons (Fsp3) is 0.167. The van der Waals surface area contributed by atoms with E-state index in [4.69, 9.17) is 9.72 Å². The molecule has 1 amide bonds. The van der Waals surface area contributed by atoms with Gasteiger partial charge in [-0.3, -0.25) is 4.79 Å². The molecule has 0 aliphatic carbocycles. The minimum absolute atomic E-state index is 0.0631. The monoisotopic (exact) mass is 417 g/mol. The fourth-order valence-electron chi connectivity index (χ4n) is 3.27. The van der Waals surface area contributed by atoms with Crippen molar-refractivity contribution in [3.05, 3.63) is 84.4 Å². The highest BCUT2D eigenvalue weighted by Crippen LogP contribution is 2.25. The van der Waals surface area contributed by atoms with Gasteiger partial charge in [0.15, 0.2) is 5.16 Å². The number of methoxy groups -OCH3 is 1. The van der Waals surface area contributed by atoms with Crippen molar-refractivity contribution in [2.75, 3.05) is 18.2 Å². The van der Waals surface area contributed by atoms with Crippen molar-refractivity contribution in [3.63, 3.8) is 0 Å². The number of hydrogen-bond acceptors (Lipinski definition) is 4. The average Bonchev–Trinajstić information content (AvgIpc) is 3.15. The Morgan fingerprint density at radius 1 is 1.00 bits per heavy atom. The van der Waals surface area contributed by atoms with Crippen LogP contribution in [0.25, 0.3) is 11.0 Å². The summed E-state index contributed by atoms with van der Waals surface area (Å²) in [5, 5.41) is 3.78. The molecule has 30 heavy (non-hydrogen) atoms. The highest BCUT2D eigenvalue weighted by atomic mass is 32.2. The Bertz CT molecular complexity index is 1120. The lowest BCUT2D eigenvalue weighted by Gasteiger charge is -2.10. The van der Waals surface area contributed by atoms with Crippen LogP contribution in [0.2, 0.25) is 0 Å². The number of amides is 1. The Hall–Kier alpha value is -3.25. The number of rotatable bonds is 8. The topological polar surface area (TPSA) is 56.1 Å². The van der Waals surface area contributed by atoms with E-state index in [1.165, 1.54) is 17.3 Å². The predicted molar refractivity (Wildman–Crippen MR) is 122 cm³/mol. The molecule has 0 unspecified atom stereocenters. The van der Waals surface area contributed by atoms with E-state index < -0.39 is 0 Å². The molecule has 6 heteroatoms. The first-order valence-electron chi connectivity index (χ1n) is 9.79. The average molecular weight is 418 g/mol. The second-order valence-electron chi connectivity index (χ2n) is 6.84. The molecular weight excluding hydrogens is 394 g/mol. The molecule has 1 heterocycles. The van der Waals surface area contributed by atoms with Gasteiger partial charge in [0.2, 0.25) is 5.91 Å². The molecule has 0 aliphatic rings. The molecular formula is C24H23N3O2S. The molecule has 1 aromatic heterocycles. The van der Waals surface area contributed by atoms with Crippen LogP contribution < -0.4 is 10.1 Å². The van der Waals surface area contributed by atoms with E-state index in [-0.39, 0.29) is 5.91 Å². The SMILES string of the molecule is COc1ccc(NC(=O)CSc2nc3ccccc3n2CCc2ccccc2)cc1. The summed E-state index contributed by atoms with van der Waals surface area (Å²) in [6, 6.07) is 25.8. The van der Waals surface area contributed by atoms with E-state index in [1.54, 1.807) is 7.11 Å². The number of nitrogens with one attached hydrogen (secondary N) is 1. The number of hydrogen-bond donors (Lipinski definition) is 1. The van der Waals surface area contributed by atoms with Crippen molar-refractivity contribution in [1.29, 1.82) is 0 Å². The summed E-state index contributed by atoms with van der Waals surface area (Å²) in [7, 11) is 1.62. The number of aryl methyl sites for hydroxylation is 2. The van der Waals surface area contributed by atoms with Gasteiger partial charge in [-0.05, 0) is 48.4 Å². The maximum absolute atomic E-state index is 12.4. The molecule has 0 atom stereocenters. The molecule has 0 saturated heterocycles. The van der Waals surface area contributed by atoms with Crippen molar-refractivity contribution in [3.8, 4) is 5.75 Å². The van der Waals surface area contributed by atoms with Crippen molar-refractivity contribution in [1.82, 2.24) is 9.55 Å². The van der Waals surface area contributed by atoms with Gasteiger partial charge in [-0.25, -0.2) is 4.98 Å². The summed E-state index contributed by atoms with van der Waals surface area (Å²) in [6.07, 6.45) is 0.910. The van der Waals surface area contributed by atoms with Gasteiger partial charge in [0.1, 0.15) is 5.75 Å². The zero-order valence-corrected chi connectivity index (χ0v) is 17.6. The van der Waals surface area contributed by atoms with Crippen molar-refractivity contribution in [2.45, 2.75) is 18.1 Å². The van der Waals surface area contributed by atoms with E-state index >= 15 is 0 Å². The van der Waals surface area contributed by atoms with Crippen LogP contribution in [0.3, 0.4) is 0 Å². The Balaban J connectivity index is 1.45. The number of nitrogens with zero attached hydrogens (tertiary/aromatic N) is 2. The summed E-state index contributed by atoms with van der Waals surface area (Å²) in [5.41, 5.74) is 4.07. The van der Waals surface area contributed by atoms with Gasteiger partial charge in [-0.15, -0.1) is 0 Å². The standard InChI is InChI=1S/C24H23N3O2S/c1-29-20-13-11-19(12-14-20)25-23(28)17-30-24-26-21-9-5-6-10-22(21)27(24)16-15-18-7-3-2-4-8-18/h2-14H,15-17H2,1H3,(H,25,28). The number of imidazole rings is 1. The lowest BCUT2D eigenvalue weighted by Crippen LogP contribution is -2.14. The van der Waals surface area contributed by atoms with Gasteiger partial charge in [-0.2, -0.15) is 0 Å². The third kappa shape index (κ3) is 4.83. The van der Waals surface area contributed by atoms with Crippen molar-refractivity contribution in [2.24, 2.45) is 0 Å². The van der Waals surface area contributed by atoms with Crippen LogP contribution in [0.1, 0.15) is 5.56 Å². The first-order valence-corrected chi connectivity index (χ1v) is 10.8.